The molecule has 0 heterocycles. The average molecular weight is 210 g/mol. The SMILES string of the molecule is CCOc1ccc(C[NH2+]C[C@@H](C)O)cc1. The van der Waals surface area contributed by atoms with Crippen molar-refractivity contribution >= 4 is 0 Å². The molecule has 0 bridgehead atoms. The molecule has 1 aromatic carbocycles. The minimum absolute atomic E-state index is 0.243. The van der Waals surface area contributed by atoms with Crippen LogP contribution in [0.25, 0.3) is 0 Å². The lowest BCUT2D eigenvalue weighted by molar-refractivity contribution is -0.676. The fourth-order valence-corrected chi connectivity index (χ4v) is 1.38. The number of ether oxygens (including phenoxy) is 1. The zero-order valence-corrected chi connectivity index (χ0v) is 9.44. The molecule has 0 spiro atoms. The van der Waals surface area contributed by atoms with Crippen molar-refractivity contribution in [1.29, 1.82) is 0 Å². The third-order valence-electron chi connectivity index (χ3n) is 2.12. The monoisotopic (exact) mass is 210 g/mol. The van der Waals surface area contributed by atoms with E-state index in [4.69, 9.17) is 9.84 Å². The third-order valence-corrected chi connectivity index (χ3v) is 2.12. The highest BCUT2D eigenvalue weighted by Gasteiger charge is 1.99. The molecule has 0 aliphatic heterocycles. The summed E-state index contributed by atoms with van der Waals surface area (Å²) in [6.07, 6.45) is -0.243. The normalized spacial score (nSPS) is 12.5. The van der Waals surface area contributed by atoms with E-state index in [-0.39, 0.29) is 6.10 Å². The predicted octanol–water partition coefficient (Wildman–Crippen LogP) is 0.530. The van der Waals surface area contributed by atoms with Gasteiger partial charge in [-0.05, 0) is 38.1 Å². The maximum atomic E-state index is 9.09. The van der Waals surface area contributed by atoms with Gasteiger partial charge in [-0.2, -0.15) is 0 Å². The molecule has 0 fully saturated rings. The van der Waals surface area contributed by atoms with E-state index in [0.717, 1.165) is 18.8 Å². The van der Waals surface area contributed by atoms with E-state index in [1.165, 1.54) is 5.56 Å². The molecular formula is C12H20NO2+. The topological polar surface area (TPSA) is 46.1 Å². The number of aliphatic hydroxyl groups excluding tert-OH is 1. The lowest BCUT2D eigenvalue weighted by Crippen LogP contribution is -2.84. The van der Waals surface area contributed by atoms with Gasteiger partial charge in [-0.25, -0.2) is 0 Å². The molecule has 3 N–H and O–H groups in total. The summed E-state index contributed by atoms with van der Waals surface area (Å²) >= 11 is 0. The molecule has 0 saturated heterocycles. The number of benzene rings is 1. The Morgan fingerprint density at radius 2 is 2.00 bits per heavy atom. The van der Waals surface area contributed by atoms with E-state index in [2.05, 4.69) is 17.4 Å². The van der Waals surface area contributed by atoms with Gasteiger partial charge in [-0.15, -0.1) is 0 Å². The van der Waals surface area contributed by atoms with Gasteiger partial charge in [0.1, 0.15) is 18.8 Å². The van der Waals surface area contributed by atoms with Crippen molar-refractivity contribution in [2.45, 2.75) is 26.5 Å². The first kappa shape index (κ1) is 12.0. The number of hydrogen-bond acceptors (Lipinski definition) is 2. The summed E-state index contributed by atoms with van der Waals surface area (Å²) in [7, 11) is 0. The molecule has 84 valence electrons. The van der Waals surface area contributed by atoms with Gasteiger partial charge in [0.25, 0.3) is 0 Å². The number of aliphatic hydroxyl groups is 1. The van der Waals surface area contributed by atoms with Crippen LogP contribution in [0.5, 0.6) is 5.75 Å². The van der Waals surface area contributed by atoms with Crippen LogP contribution in [0.15, 0.2) is 24.3 Å². The van der Waals surface area contributed by atoms with Crippen molar-refractivity contribution in [3.8, 4) is 5.75 Å². The molecule has 0 unspecified atom stereocenters. The van der Waals surface area contributed by atoms with Crippen LogP contribution in [0.1, 0.15) is 19.4 Å². The third kappa shape index (κ3) is 4.81. The first-order valence-electron chi connectivity index (χ1n) is 5.44. The molecule has 0 radical (unpaired) electrons. The second-order valence-corrected chi connectivity index (χ2v) is 3.65. The van der Waals surface area contributed by atoms with E-state index in [1.807, 2.05) is 19.1 Å². The summed E-state index contributed by atoms with van der Waals surface area (Å²) in [4.78, 5) is 0. The first-order chi connectivity index (χ1) is 7.22. The Balaban J connectivity index is 2.36. The van der Waals surface area contributed by atoms with E-state index < -0.39 is 0 Å². The standard InChI is InChI=1S/C12H19NO2/c1-3-15-12-6-4-11(5-7-12)9-13-8-10(2)14/h4-7,10,13-14H,3,8-9H2,1-2H3/p+1/t10-/m1/s1. The predicted molar refractivity (Wildman–Crippen MR) is 59.8 cm³/mol. The van der Waals surface area contributed by atoms with Crippen LogP contribution in [-0.4, -0.2) is 24.4 Å². The molecule has 3 nitrogen and oxygen atoms in total. The maximum absolute atomic E-state index is 9.09. The minimum atomic E-state index is -0.243. The highest BCUT2D eigenvalue weighted by atomic mass is 16.5. The Labute approximate surface area is 91.1 Å². The van der Waals surface area contributed by atoms with E-state index in [9.17, 15) is 0 Å². The van der Waals surface area contributed by atoms with Crippen LogP contribution in [-0.2, 0) is 6.54 Å². The number of nitrogens with two attached hydrogens (primary N) is 1. The molecule has 1 rings (SSSR count). The number of quaternary nitrogens is 1. The lowest BCUT2D eigenvalue weighted by atomic mass is 10.2. The molecule has 0 aromatic heterocycles. The summed E-state index contributed by atoms with van der Waals surface area (Å²) < 4.78 is 5.35. The van der Waals surface area contributed by atoms with Crippen LogP contribution in [0.3, 0.4) is 0 Å². The van der Waals surface area contributed by atoms with Gasteiger partial charge in [-0.3, -0.25) is 0 Å². The van der Waals surface area contributed by atoms with Gasteiger partial charge in [-0.1, -0.05) is 0 Å². The molecular weight excluding hydrogens is 190 g/mol. The van der Waals surface area contributed by atoms with Crippen molar-refractivity contribution in [3.63, 3.8) is 0 Å². The summed E-state index contributed by atoms with van der Waals surface area (Å²) in [6.45, 7) is 6.12. The number of rotatable bonds is 6. The van der Waals surface area contributed by atoms with Gasteiger partial charge < -0.3 is 15.2 Å². The van der Waals surface area contributed by atoms with Crippen molar-refractivity contribution in [3.05, 3.63) is 29.8 Å². The van der Waals surface area contributed by atoms with Gasteiger partial charge in [0.2, 0.25) is 0 Å². The fourth-order valence-electron chi connectivity index (χ4n) is 1.38. The van der Waals surface area contributed by atoms with Crippen LogP contribution < -0.4 is 10.1 Å². The molecule has 0 saturated carbocycles. The van der Waals surface area contributed by atoms with Gasteiger partial charge in [0.05, 0.1) is 12.7 Å². The summed E-state index contributed by atoms with van der Waals surface area (Å²) in [5.41, 5.74) is 1.25. The summed E-state index contributed by atoms with van der Waals surface area (Å²) in [5.74, 6) is 0.914. The first-order valence-corrected chi connectivity index (χ1v) is 5.44. The summed E-state index contributed by atoms with van der Waals surface area (Å²) in [6, 6.07) is 8.08. The minimum Gasteiger partial charge on any atom is -0.494 e. The van der Waals surface area contributed by atoms with Gasteiger partial charge in [0.15, 0.2) is 0 Å². The van der Waals surface area contributed by atoms with Crippen molar-refractivity contribution < 1.29 is 15.2 Å². The largest absolute Gasteiger partial charge is 0.494 e. The van der Waals surface area contributed by atoms with Crippen molar-refractivity contribution in [2.24, 2.45) is 0 Å². The van der Waals surface area contributed by atoms with Crippen LogP contribution in [0.2, 0.25) is 0 Å². The highest BCUT2D eigenvalue weighted by Crippen LogP contribution is 2.10. The van der Waals surface area contributed by atoms with Gasteiger partial charge in [0, 0.05) is 5.56 Å². The van der Waals surface area contributed by atoms with Crippen molar-refractivity contribution in [2.75, 3.05) is 13.2 Å². The number of hydrogen-bond donors (Lipinski definition) is 2. The molecule has 1 atom stereocenters. The fraction of sp³-hybridized carbons (Fsp3) is 0.500. The van der Waals surface area contributed by atoms with Crippen molar-refractivity contribution in [1.82, 2.24) is 0 Å². The van der Waals surface area contributed by atoms with E-state index >= 15 is 0 Å². The van der Waals surface area contributed by atoms with Crippen LogP contribution in [0.4, 0.5) is 0 Å². The highest BCUT2D eigenvalue weighted by molar-refractivity contribution is 5.26. The quantitative estimate of drug-likeness (QED) is 0.719. The molecule has 0 aliphatic carbocycles. The van der Waals surface area contributed by atoms with Gasteiger partial charge >= 0.3 is 0 Å². The Bertz CT molecular complexity index is 269. The zero-order chi connectivity index (χ0) is 11.1. The molecule has 0 amide bonds. The average Bonchev–Trinajstić information content (AvgIpc) is 2.20. The van der Waals surface area contributed by atoms with E-state index in [0.29, 0.717) is 6.61 Å². The lowest BCUT2D eigenvalue weighted by Gasteiger charge is -2.05. The Hall–Kier alpha value is -1.06. The second kappa shape index (κ2) is 6.43. The Kier molecular flexibility index (Phi) is 5.15. The van der Waals surface area contributed by atoms with Crippen LogP contribution in [0, 0.1) is 0 Å². The maximum Gasteiger partial charge on any atom is 0.119 e. The molecule has 15 heavy (non-hydrogen) atoms. The summed E-state index contributed by atoms with van der Waals surface area (Å²) in [5, 5.41) is 11.2. The molecule has 0 aliphatic rings. The zero-order valence-electron chi connectivity index (χ0n) is 9.44. The second-order valence-electron chi connectivity index (χ2n) is 3.65. The van der Waals surface area contributed by atoms with E-state index in [1.54, 1.807) is 6.92 Å². The Morgan fingerprint density at radius 3 is 2.53 bits per heavy atom. The van der Waals surface area contributed by atoms with Crippen LogP contribution >= 0.6 is 0 Å². The molecule has 1 aromatic rings. The Morgan fingerprint density at radius 1 is 1.33 bits per heavy atom. The molecule has 3 heteroatoms. The smallest absolute Gasteiger partial charge is 0.119 e.